The number of aromatic nitrogens is 5. The molecule has 0 unspecified atom stereocenters. The average molecular weight is 416 g/mol. The van der Waals surface area contributed by atoms with Gasteiger partial charge in [0.2, 0.25) is 5.76 Å². The molecule has 5 heterocycles. The molecule has 1 aliphatic heterocycles. The van der Waals surface area contributed by atoms with Crippen LogP contribution >= 0.6 is 0 Å². The number of halogens is 3. The van der Waals surface area contributed by atoms with Gasteiger partial charge < -0.3 is 14.3 Å². The summed E-state index contributed by atoms with van der Waals surface area (Å²) in [5.41, 5.74) is 2.19. The SMILES string of the molecule is Cc1cccc2cc([C@H]3c4nc[nH]c4CCN3C(=O)c3ocnc3C(F)(F)F)nn12. The van der Waals surface area contributed by atoms with Crippen LogP contribution in [0.15, 0.2) is 41.4 Å². The number of fused-ring (bicyclic) bond motifs is 2. The van der Waals surface area contributed by atoms with Gasteiger partial charge in [-0.3, -0.25) is 4.79 Å². The first-order chi connectivity index (χ1) is 14.3. The number of carbonyl (C=O) groups excluding carboxylic acids is 1. The molecule has 154 valence electrons. The molecule has 1 atom stereocenters. The first-order valence-electron chi connectivity index (χ1n) is 9.13. The van der Waals surface area contributed by atoms with Crippen molar-refractivity contribution in [1.82, 2.24) is 29.5 Å². The Morgan fingerprint density at radius 1 is 1.30 bits per heavy atom. The van der Waals surface area contributed by atoms with Crippen molar-refractivity contribution in [1.29, 1.82) is 0 Å². The largest absolute Gasteiger partial charge is 0.438 e. The second-order valence-corrected chi connectivity index (χ2v) is 7.02. The Morgan fingerprint density at radius 2 is 2.13 bits per heavy atom. The number of nitrogens with zero attached hydrogens (tertiary/aromatic N) is 5. The first-order valence-corrected chi connectivity index (χ1v) is 9.13. The van der Waals surface area contributed by atoms with Gasteiger partial charge in [0, 0.05) is 24.4 Å². The second kappa shape index (κ2) is 6.44. The molecule has 0 fully saturated rings. The molecule has 8 nitrogen and oxygen atoms in total. The zero-order valence-electron chi connectivity index (χ0n) is 15.6. The van der Waals surface area contributed by atoms with E-state index in [4.69, 9.17) is 4.42 Å². The predicted octanol–water partition coefficient (Wildman–Crippen LogP) is 3.16. The van der Waals surface area contributed by atoms with E-state index in [1.807, 2.05) is 25.1 Å². The maximum atomic E-state index is 13.3. The maximum Gasteiger partial charge on any atom is 0.437 e. The van der Waals surface area contributed by atoms with Gasteiger partial charge in [0.25, 0.3) is 5.91 Å². The fourth-order valence-electron chi connectivity index (χ4n) is 3.83. The van der Waals surface area contributed by atoms with E-state index in [0.29, 0.717) is 24.2 Å². The Kier molecular flexibility index (Phi) is 3.95. The van der Waals surface area contributed by atoms with Crippen molar-refractivity contribution in [3.8, 4) is 0 Å². The standard InChI is InChI=1S/C19H15F3N6O2/c1-10-3-2-4-11-7-13(26-28(10)11)15-14-12(23-8-24-14)5-6-27(15)18(29)16-17(19(20,21)22)25-9-30-16/h2-4,7-9,15H,5-6H2,1H3,(H,23,24)/t15-/m0/s1. The summed E-state index contributed by atoms with van der Waals surface area (Å²) in [6.45, 7) is 2.06. The summed E-state index contributed by atoms with van der Waals surface area (Å²) in [7, 11) is 0. The molecule has 1 aliphatic rings. The first kappa shape index (κ1) is 18.4. The molecule has 0 aromatic carbocycles. The molecule has 4 aromatic heterocycles. The summed E-state index contributed by atoms with van der Waals surface area (Å²) in [4.78, 5) is 25.0. The van der Waals surface area contributed by atoms with Crippen molar-refractivity contribution in [3.05, 3.63) is 71.2 Å². The number of nitrogens with one attached hydrogen (secondary N) is 1. The van der Waals surface area contributed by atoms with E-state index in [1.54, 1.807) is 10.6 Å². The molecular formula is C19H15F3N6O2. The van der Waals surface area contributed by atoms with Gasteiger partial charge in [0.1, 0.15) is 6.04 Å². The zero-order valence-corrected chi connectivity index (χ0v) is 15.6. The molecule has 1 N–H and O–H groups in total. The number of oxazole rings is 1. The Bertz CT molecular complexity index is 1250. The normalized spacial score (nSPS) is 16.8. The van der Waals surface area contributed by atoms with E-state index < -0.39 is 29.6 Å². The fourth-order valence-corrected chi connectivity index (χ4v) is 3.83. The lowest BCUT2D eigenvalue weighted by molar-refractivity contribution is -0.141. The highest BCUT2D eigenvalue weighted by molar-refractivity contribution is 5.93. The molecule has 0 aliphatic carbocycles. The summed E-state index contributed by atoms with van der Waals surface area (Å²) < 4.78 is 46.4. The Hall–Kier alpha value is -3.63. The molecule has 0 radical (unpaired) electrons. The molecule has 5 rings (SSSR count). The van der Waals surface area contributed by atoms with Crippen LogP contribution in [0.5, 0.6) is 0 Å². The second-order valence-electron chi connectivity index (χ2n) is 7.02. The van der Waals surface area contributed by atoms with E-state index >= 15 is 0 Å². The monoisotopic (exact) mass is 416 g/mol. The molecule has 30 heavy (non-hydrogen) atoms. The number of amides is 1. The summed E-state index contributed by atoms with van der Waals surface area (Å²) in [5.74, 6) is -1.75. The number of alkyl halides is 3. The summed E-state index contributed by atoms with van der Waals surface area (Å²) >= 11 is 0. The van der Waals surface area contributed by atoms with Crippen molar-refractivity contribution in [2.75, 3.05) is 6.54 Å². The number of rotatable bonds is 2. The van der Waals surface area contributed by atoms with E-state index in [0.717, 1.165) is 16.9 Å². The van der Waals surface area contributed by atoms with Gasteiger partial charge in [-0.25, -0.2) is 14.5 Å². The summed E-state index contributed by atoms with van der Waals surface area (Å²) in [6.07, 6.45) is -2.26. The minimum Gasteiger partial charge on any atom is -0.438 e. The van der Waals surface area contributed by atoms with Gasteiger partial charge in [0.05, 0.1) is 23.2 Å². The fraction of sp³-hybridized carbons (Fsp3) is 0.263. The number of hydrogen-bond acceptors (Lipinski definition) is 5. The van der Waals surface area contributed by atoms with Gasteiger partial charge in [-0.1, -0.05) is 6.07 Å². The summed E-state index contributed by atoms with van der Waals surface area (Å²) in [5, 5.41) is 4.60. The van der Waals surface area contributed by atoms with Crippen molar-refractivity contribution in [3.63, 3.8) is 0 Å². The molecule has 4 aromatic rings. The van der Waals surface area contributed by atoms with Gasteiger partial charge in [0.15, 0.2) is 12.1 Å². The van der Waals surface area contributed by atoms with Crippen LogP contribution in [0.25, 0.3) is 5.52 Å². The van der Waals surface area contributed by atoms with Gasteiger partial charge in [-0.2, -0.15) is 18.3 Å². The number of imidazole rings is 1. The smallest absolute Gasteiger partial charge is 0.437 e. The average Bonchev–Trinajstić information content (AvgIpc) is 3.44. The maximum absolute atomic E-state index is 13.3. The minimum absolute atomic E-state index is 0.170. The highest BCUT2D eigenvalue weighted by Gasteiger charge is 2.44. The number of aromatic amines is 1. The summed E-state index contributed by atoms with van der Waals surface area (Å²) in [6, 6.07) is 6.66. The number of carbonyl (C=O) groups is 1. The van der Waals surface area contributed by atoms with Crippen molar-refractivity contribution >= 4 is 11.4 Å². The third-order valence-electron chi connectivity index (χ3n) is 5.19. The Labute approximate surface area is 167 Å². The third-order valence-corrected chi connectivity index (χ3v) is 5.19. The van der Waals surface area contributed by atoms with Crippen LogP contribution in [0.4, 0.5) is 13.2 Å². The molecule has 11 heteroatoms. The van der Waals surface area contributed by atoms with E-state index in [9.17, 15) is 18.0 Å². The topological polar surface area (TPSA) is 92.3 Å². The highest BCUT2D eigenvalue weighted by atomic mass is 19.4. The lowest BCUT2D eigenvalue weighted by atomic mass is 9.99. The van der Waals surface area contributed by atoms with Crippen LogP contribution in [0.1, 0.15) is 45.1 Å². The van der Waals surface area contributed by atoms with Crippen LogP contribution in [-0.2, 0) is 12.6 Å². The third kappa shape index (κ3) is 2.77. The van der Waals surface area contributed by atoms with Crippen molar-refractivity contribution in [2.45, 2.75) is 25.6 Å². The Morgan fingerprint density at radius 3 is 2.90 bits per heavy atom. The molecule has 0 saturated carbocycles. The van der Waals surface area contributed by atoms with E-state index in [2.05, 4.69) is 20.1 Å². The van der Waals surface area contributed by atoms with E-state index in [-0.39, 0.29) is 6.54 Å². The van der Waals surface area contributed by atoms with Gasteiger partial charge >= 0.3 is 6.18 Å². The van der Waals surface area contributed by atoms with E-state index in [1.165, 1.54) is 11.2 Å². The number of H-pyrrole nitrogens is 1. The molecule has 0 saturated heterocycles. The number of aryl methyl sites for hydroxylation is 1. The van der Waals surface area contributed by atoms with Crippen LogP contribution in [0, 0.1) is 6.92 Å². The van der Waals surface area contributed by atoms with Gasteiger partial charge in [-0.05, 0) is 25.1 Å². The van der Waals surface area contributed by atoms with Crippen molar-refractivity contribution < 1.29 is 22.4 Å². The molecular weight excluding hydrogens is 401 g/mol. The molecule has 0 spiro atoms. The minimum atomic E-state index is -4.80. The van der Waals surface area contributed by atoms with Crippen molar-refractivity contribution in [2.24, 2.45) is 0 Å². The Balaban J connectivity index is 1.63. The predicted molar refractivity (Wildman–Crippen MR) is 96.6 cm³/mol. The van der Waals surface area contributed by atoms with Gasteiger partial charge in [-0.15, -0.1) is 0 Å². The number of pyridine rings is 1. The molecule has 1 amide bonds. The van der Waals surface area contributed by atoms with Crippen LogP contribution in [0.3, 0.4) is 0 Å². The van der Waals surface area contributed by atoms with Crippen LogP contribution in [0.2, 0.25) is 0 Å². The highest BCUT2D eigenvalue weighted by Crippen LogP contribution is 2.37. The zero-order chi connectivity index (χ0) is 21.0. The lowest BCUT2D eigenvalue weighted by Crippen LogP contribution is -2.41. The van der Waals surface area contributed by atoms with Crippen LogP contribution in [-0.4, -0.2) is 41.9 Å². The lowest BCUT2D eigenvalue weighted by Gasteiger charge is -2.33. The van der Waals surface area contributed by atoms with Crippen LogP contribution < -0.4 is 0 Å². The molecule has 0 bridgehead atoms. The number of hydrogen-bond donors (Lipinski definition) is 1. The quantitative estimate of drug-likeness (QED) is 0.542.